The van der Waals surface area contributed by atoms with Crippen LogP contribution in [-0.4, -0.2) is 49.3 Å². The van der Waals surface area contributed by atoms with Gasteiger partial charge in [0.25, 0.3) is 0 Å². The van der Waals surface area contributed by atoms with Crippen molar-refractivity contribution in [2.75, 3.05) is 26.3 Å². The summed E-state index contributed by atoms with van der Waals surface area (Å²) >= 11 is 0. The first kappa shape index (κ1) is 11.9. The fourth-order valence-electron chi connectivity index (χ4n) is 3.33. The molecule has 0 spiro atoms. The van der Waals surface area contributed by atoms with Crippen molar-refractivity contribution in [1.82, 2.24) is 10.2 Å². The lowest BCUT2D eigenvalue weighted by Gasteiger charge is -2.42. The number of rotatable bonds is 4. The first-order chi connectivity index (χ1) is 8.43. The lowest BCUT2D eigenvalue weighted by molar-refractivity contribution is -0.0352. The van der Waals surface area contributed by atoms with Crippen molar-refractivity contribution in [2.24, 2.45) is 0 Å². The summed E-state index contributed by atoms with van der Waals surface area (Å²) in [5.74, 6) is 0. The summed E-state index contributed by atoms with van der Waals surface area (Å²) in [5.41, 5.74) is 0. The molecule has 0 aromatic rings. The van der Waals surface area contributed by atoms with E-state index in [1.54, 1.807) is 0 Å². The average Bonchev–Trinajstić information content (AvgIpc) is 3.22. The largest absolute Gasteiger partial charge is 0.378 e. The molecule has 0 bridgehead atoms. The van der Waals surface area contributed by atoms with Crippen molar-refractivity contribution >= 4 is 0 Å². The van der Waals surface area contributed by atoms with E-state index in [1.807, 2.05) is 0 Å². The van der Waals surface area contributed by atoms with Gasteiger partial charge in [-0.2, -0.15) is 0 Å². The average molecular weight is 238 g/mol. The van der Waals surface area contributed by atoms with Gasteiger partial charge < -0.3 is 10.1 Å². The third-order valence-electron chi connectivity index (χ3n) is 4.54. The third-order valence-corrected chi connectivity index (χ3v) is 4.54. The fraction of sp³-hybridized carbons (Fsp3) is 1.00. The van der Waals surface area contributed by atoms with Crippen molar-refractivity contribution < 1.29 is 4.74 Å². The van der Waals surface area contributed by atoms with Crippen LogP contribution in [0, 0.1) is 0 Å². The van der Waals surface area contributed by atoms with E-state index in [1.165, 1.54) is 44.9 Å². The summed E-state index contributed by atoms with van der Waals surface area (Å²) in [6.07, 6.45) is 9.93. The SMILES string of the molecule is C1CCC(N2CCOCC2CNC2CC2)CC1. The summed E-state index contributed by atoms with van der Waals surface area (Å²) in [6.45, 7) is 4.18. The number of nitrogens with zero attached hydrogens (tertiary/aromatic N) is 1. The molecule has 3 aliphatic rings. The molecule has 0 amide bonds. The van der Waals surface area contributed by atoms with Gasteiger partial charge in [0.2, 0.25) is 0 Å². The molecule has 98 valence electrons. The van der Waals surface area contributed by atoms with Gasteiger partial charge in [0.15, 0.2) is 0 Å². The molecular weight excluding hydrogens is 212 g/mol. The van der Waals surface area contributed by atoms with Crippen molar-refractivity contribution in [3.63, 3.8) is 0 Å². The Balaban J connectivity index is 1.53. The van der Waals surface area contributed by atoms with Gasteiger partial charge in [-0.05, 0) is 25.7 Å². The Kier molecular flexibility index (Phi) is 3.99. The molecule has 1 aliphatic heterocycles. The van der Waals surface area contributed by atoms with Crippen molar-refractivity contribution in [1.29, 1.82) is 0 Å². The van der Waals surface area contributed by atoms with Gasteiger partial charge in [-0.25, -0.2) is 0 Å². The number of nitrogens with one attached hydrogen (secondary N) is 1. The van der Waals surface area contributed by atoms with E-state index in [2.05, 4.69) is 10.2 Å². The highest BCUT2D eigenvalue weighted by atomic mass is 16.5. The minimum absolute atomic E-state index is 0.632. The molecule has 1 unspecified atom stereocenters. The molecule has 1 atom stereocenters. The molecule has 2 saturated carbocycles. The molecular formula is C14H26N2O. The first-order valence-electron chi connectivity index (χ1n) is 7.50. The van der Waals surface area contributed by atoms with E-state index in [0.29, 0.717) is 6.04 Å². The molecule has 2 aliphatic carbocycles. The van der Waals surface area contributed by atoms with Crippen LogP contribution < -0.4 is 5.32 Å². The molecule has 3 heteroatoms. The molecule has 0 aromatic carbocycles. The van der Waals surface area contributed by atoms with Crippen LogP contribution in [0.5, 0.6) is 0 Å². The van der Waals surface area contributed by atoms with Crippen molar-refractivity contribution in [2.45, 2.75) is 63.1 Å². The number of ether oxygens (including phenoxy) is 1. The standard InChI is InChI=1S/C14H26N2O/c1-2-4-13(5-3-1)16-8-9-17-11-14(16)10-15-12-6-7-12/h12-15H,1-11H2. The van der Waals surface area contributed by atoms with Crippen LogP contribution in [0.1, 0.15) is 44.9 Å². The molecule has 0 radical (unpaired) electrons. The van der Waals surface area contributed by atoms with Crippen LogP contribution in [0.2, 0.25) is 0 Å². The second kappa shape index (κ2) is 5.68. The van der Waals surface area contributed by atoms with Gasteiger partial charge in [0.05, 0.1) is 13.2 Å². The zero-order valence-electron chi connectivity index (χ0n) is 10.9. The minimum atomic E-state index is 0.632. The maximum absolute atomic E-state index is 5.67. The molecule has 3 fully saturated rings. The Morgan fingerprint density at radius 1 is 1.06 bits per heavy atom. The number of morpholine rings is 1. The van der Waals surface area contributed by atoms with E-state index in [-0.39, 0.29) is 0 Å². The van der Waals surface area contributed by atoms with Crippen molar-refractivity contribution in [3.05, 3.63) is 0 Å². The van der Waals surface area contributed by atoms with Crippen LogP contribution in [-0.2, 0) is 4.74 Å². The molecule has 3 rings (SSSR count). The number of hydrogen-bond acceptors (Lipinski definition) is 3. The van der Waals surface area contributed by atoms with E-state index < -0.39 is 0 Å². The molecule has 1 heterocycles. The highest BCUT2D eigenvalue weighted by molar-refractivity contribution is 4.88. The lowest BCUT2D eigenvalue weighted by atomic mass is 9.93. The van der Waals surface area contributed by atoms with Crippen LogP contribution >= 0.6 is 0 Å². The predicted octanol–water partition coefficient (Wildman–Crippen LogP) is 1.77. The van der Waals surface area contributed by atoms with E-state index in [9.17, 15) is 0 Å². The normalized spacial score (nSPS) is 32.8. The van der Waals surface area contributed by atoms with Crippen LogP contribution in [0.15, 0.2) is 0 Å². The maximum Gasteiger partial charge on any atom is 0.0635 e. The van der Waals surface area contributed by atoms with Gasteiger partial charge in [0, 0.05) is 31.2 Å². The smallest absolute Gasteiger partial charge is 0.0635 e. The second-order valence-corrected chi connectivity index (χ2v) is 5.94. The first-order valence-corrected chi connectivity index (χ1v) is 7.50. The van der Waals surface area contributed by atoms with Crippen LogP contribution in [0.3, 0.4) is 0 Å². The molecule has 0 aromatic heterocycles. The summed E-state index contributed by atoms with van der Waals surface area (Å²) < 4.78 is 5.67. The molecule has 17 heavy (non-hydrogen) atoms. The highest BCUT2D eigenvalue weighted by Crippen LogP contribution is 2.26. The Labute approximate surface area is 105 Å². The lowest BCUT2D eigenvalue weighted by Crippen LogP contribution is -2.55. The summed E-state index contributed by atoms with van der Waals surface area (Å²) in [5, 5.41) is 3.67. The Morgan fingerprint density at radius 2 is 1.88 bits per heavy atom. The predicted molar refractivity (Wildman–Crippen MR) is 69.2 cm³/mol. The van der Waals surface area contributed by atoms with Gasteiger partial charge in [-0.3, -0.25) is 4.90 Å². The van der Waals surface area contributed by atoms with Gasteiger partial charge in [0.1, 0.15) is 0 Å². The third kappa shape index (κ3) is 3.21. The van der Waals surface area contributed by atoms with E-state index in [0.717, 1.165) is 38.4 Å². The quantitative estimate of drug-likeness (QED) is 0.808. The second-order valence-electron chi connectivity index (χ2n) is 5.94. The van der Waals surface area contributed by atoms with Crippen LogP contribution in [0.25, 0.3) is 0 Å². The van der Waals surface area contributed by atoms with Gasteiger partial charge in [-0.15, -0.1) is 0 Å². The number of hydrogen-bond donors (Lipinski definition) is 1. The minimum Gasteiger partial charge on any atom is -0.378 e. The Bertz CT molecular complexity index is 236. The van der Waals surface area contributed by atoms with E-state index in [4.69, 9.17) is 4.74 Å². The van der Waals surface area contributed by atoms with E-state index >= 15 is 0 Å². The van der Waals surface area contributed by atoms with Crippen molar-refractivity contribution in [3.8, 4) is 0 Å². The zero-order chi connectivity index (χ0) is 11.5. The Morgan fingerprint density at radius 3 is 2.65 bits per heavy atom. The molecule has 3 nitrogen and oxygen atoms in total. The summed E-state index contributed by atoms with van der Waals surface area (Å²) in [4.78, 5) is 2.75. The molecule has 1 N–H and O–H groups in total. The zero-order valence-corrected chi connectivity index (χ0v) is 10.9. The van der Waals surface area contributed by atoms with Crippen LogP contribution in [0.4, 0.5) is 0 Å². The topological polar surface area (TPSA) is 24.5 Å². The molecule has 1 saturated heterocycles. The maximum atomic E-state index is 5.67. The highest BCUT2D eigenvalue weighted by Gasteiger charge is 2.31. The fourth-order valence-corrected chi connectivity index (χ4v) is 3.33. The Hall–Kier alpha value is -0.120. The van der Waals surface area contributed by atoms with Gasteiger partial charge >= 0.3 is 0 Å². The monoisotopic (exact) mass is 238 g/mol. The van der Waals surface area contributed by atoms with Gasteiger partial charge in [-0.1, -0.05) is 19.3 Å². The summed E-state index contributed by atoms with van der Waals surface area (Å²) in [7, 11) is 0. The summed E-state index contributed by atoms with van der Waals surface area (Å²) in [6, 6.07) is 2.30.